The first-order valence-corrected chi connectivity index (χ1v) is 10.9. The number of carbonyl (C=O) groups excluding carboxylic acids is 1. The van der Waals surface area contributed by atoms with Gasteiger partial charge in [-0.2, -0.15) is 17.5 Å². The Kier molecular flexibility index (Phi) is 7.12. The van der Waals surface area contributed by atoms with Gasteiger partial charge in [0, 0.05) is 42.5 Å². The second kappa shape index (κ2) is 9.63. The summed E-state index contributed by atoms with van der Waals surface area (Å²) < 4.78 is 70.7. The van der Waals surface area contributed by atoms with Crippen LogP contribution in [-0.4, -0.2) is 50.4 Å². The maximum absolute atomic E-state index is 13.3. The van der Waals surface area contributed by atoms with Crippen molar-refractivity contribution in [1.29, 1.82) is 0 Å². The van der Waals surface area contributed by atoms with Crippen molar-refractivity contribution in [3.63, 3.8) is 0 Å². The molecule has 1 N–H and O–H groups in total. The van der Waals surface area contributed by atoms with E-state index in [1.165, 1.54) is 25.6 Å². The summed E-state index contributed by atoms with van der Waals surface area (Å²) in [5, 5.41) is 3.50. The highest BCUT2D eigenvalue weighted by Gasteiger charge is 2.30. The quantitative estimate of drug-likeness (QED) is 0.548. The SMILES string of the molecule is COCCN(CC(=O)Nc1ccc(C(F)(F)F)cc1)S(=O)(=O)c1cccc2cnccc12. The highest BCUT2D eigenvalue weighted by Crippen LogP contribution is 2.30. The van der Waals surface area contributed by atoms with Crippen molar-refractivity contribution in [2.24, 2.45) is 0 Å². The molecule has 7 nitrogen and oxygen atoms in total. The second-order valence-electron chi connectivity index (χ2n) is 6.81. The van der Waals surface area contributed by atoms with Gasteiger partial charge >= 0.3 is 6.18 Å². The lowest BCUT2D eigenvalue weighted by Gasteiger charge is -2.22. The van der Waals surface area contributed by atoms with Gasteiger partial charge in [-0.15, -0.1) is 0 Å². The molecule has 1 heterocycles. The lowest BCUT2D eigenvalue weighted by molar-refractivity contribution is -0.137. The van der Waals surface area contributed by atoms with Crippen molar-refractivity contribution in [2.45, 2.75) is 11.1 Å². The van der Waals surface area contributed by atoms with Gasteiger partial charge in [0.15, 0.2) is 0 Å². The van der Waals surface area contributed by atoms with Crippen LogP contribution in [0.4, 0.5) is 18.9 Å². The van der Waals surface area contributed by atoms with Gasteiger partial charge in [0.25, 0.3) is 0 Å². The molecule has 0 spiro atoms. The number of carbonyl (C=O) groups is 1. The fourth-order valence-electron chi connectivity index (χ4n) is 3.04. The first-order chi connectivity index (χ1) is 15.1. The summed E-state index contributed by atoms with van der Waals surface area (Å²) in [5.74, 6) is -0.702. The van der Waals surface area contributed by atoms with Crippen LogP contribution in [-0.2, 0) is 25.7 Å². The van der Waals surface area contributed by atoms with E-state index < -0.39 is 34.2 Å². The number of amides is 1. The van der Waals surface area contributed by atoms with Gasteiger partial charge in [-0.25, -0.2) is 8.42 Å². The number of nitrogens with one attached hydrogen (secondary N) is 1. The molecular formula is C21H20F3N3O4S. The van der Waals surface area contributed by atoms with E-state index in [2.05, 4.69) is 10.3 Å². The first kappa shape index (κ1) is 23.6. The fraction of sp³-hybridized carbons (Fsp3) is 0.238. The Balaban J connectivity index is 1.83. The molecular weight excluding hydrogens is 447 g/mol. The molecule has 2 aromatic carbocycles. The summed E-state index contributed by atoms with van der Waals surface area (Å²) in [4.78, 5) is 16.5. The second-order valence-corrected chi connectivity index (χ2v) is 8.71. The van der Waals surface area contributed by atoms with Crippen molar-refractivity contribution in [2.75, 3.05) is 32.1 Å². The highest BCUT2D eigenvalue weighted by molar-refractivity contribution is 7.89. The van der Waals surface area contributed by atoms with Gasteiger partial charge in [0.2, 0.25) is 15.9 Å². The van der Waals surface area contributed by atoms with E-state index >= 15 is 0 Å². The standard InChI is InChI=1S/C21H20F3N3O4S/c1-31-12-11-27(14-20(28)26-17-7-5-16(6-8-17)21(22,23)24)32(29,30)19-4-2-3-15-13-25-10-9-18(15)19/h2-10,13H,11-12,14H2,1H3,(H,26,28). The van der Waals surface area contributed by atoms with Crippen LogP contribution in [0.25, 0.3) is 10.8 Å². The van der Waals surface area contributed by atoms with Crippen molar-refractivity contribution < 1.29 is 31.1 Å². The van der Waals surface area contributed by atoms with Gasteiger partial charge in [-0.3, -0.25) is 9.78 Å². The zero-order valence-corrected chi connectivity index (χ0v) is 17.8. The van der Waals surface area contributed by atoms with E-state index in [1.54, 1.807) is 18.2 Å². The van der Waals surface area contributed by atoms with E-state index in [0.29, 0.717) is 10.8 Å². The third-order valence-corrected chi connectivity index (χ3v) is 6.52. The molecule has 3 aromatic rings. The van der Waals surface area contributed by atoms with Crippen LogP contribution in [0.1, 0.15) is 5.56 Å². The number of anilines is 1. The molecule has 0 atom stereocenters. The van der Waals surface area contributed by atoms with Gasteiger partial charge < -0.3 is 10.1 Å². The molecule has 0 bridgehead atoms. The minimum Gasteiger partial charge on any atom is -0.383 e. The summed E-state index contributed by atoms with van der Waals surface area (Å²) in [6.07, 6.45) is -1.50. The number of nitrogens with zero attached hydrogens (tertiary/aromatic N) is 2. The minimum absolute atomic E-state index is 0.0100. The molecule has 0 fully saturated rings. The summed E-state index contributed by atoms with van der Waals surface area (Å²) in [6.45, 7) is -0.603. The van der Waals surface area contributed by atoms with Crippen LogP contribution in [0.5, 0.6) is 0 Å². The van der Waals surface area contributed by atoms with Crippen molar-refractivity contribution in [1.82, 2.24) is 9.29 Å². The molecule has 1 aromatic heterocycles. The van der Waals surface area contributed by atoms with E-state index in [9.17, 15) is 26.4 Å². The number of rotatable bonds is 8. The zero-order valence-electron chi connectivity index (χ0n) is 17.0. The first-order valence-electron chi connectivity index (χ1n) is 9.42. The molecule has 0 radical (unpaired) electrons. The van der Waals surface area contributed by atoms with Crippen LogP contribution in [0.3, 0.4) is 0 Å². The molecule has 0 saturated carbocycles. The Labute approximate surface area is 182 Å². The molecule has 3 rings (SSSR count). The zero-order chi connectivity index (χ0) is 23.4. The number of ether oxygens (including phenoxy) is 1. The van der Waals surface area contributed by atoms with Crippen LogP contribution in [0.2, 0.25) is 0 Å². The number of hydrogen-bond donors (Lipinski definition) is 1. The Morgan fingerprint density at radius 1 is 1.12 bits per heavy atom. The van der Waals surface area contributed by atoms with Crippen LogP contribution in [0.15, 0.2) is 65.8 Å². The van der Waals surface area contributed by atoms with E-state index in [1.807, 2.05) is 0 Å². The lowest BCUT2D eigenvalue weighted by atomic mass is 10.2. The molecule has 0 aliphatic rings. The molecule has 32 heavy (non-hydrogen) atoms. The number of methoxy groups -OCH3 is 1. The number of halogens is 3. The molecule has 0 aliphatic carbocycles. The maximum Gasteiger partial charge on any atom is 0.416 e. The summed E-state index contributed by atoms with van der Waals surface area (Å²) in [7, 11) is -2.70. The smallest absolute Gasteiger partial charge is 0.383 e. The molecule has 11 heteroatoms. The van der Waals surface area contributed by atoms with Gasteiger partial charge in [0.1, 0.15) is 0 Å². The third-order valence-electron chi connectivity index (χ3n) is 4.62. The number of aromatic nitrogens is 1. The number of pyridine rings is 1. The lowest BCUT2D eigenvalue weighted by Crippen LogP contribution is -2.40. The Bertz CT molecular complexity index is 1190. The van der Waals surface area contributed by atoms with E-state index in [0.717, 1.165) is 28.6 Å². The van der Waals surface area contributed by atoms with Crippen LogP contribution in [0, 0.1) is 0 Å². The van der Waals surface area contributed by atoms with Crippen LogP contribution >= 0.6 is 0 Å². The summed E-state index contributed by atoms with van der Waals surface area (Å²) in [6, 6.07) is 10.2. The topological polar surface area (TPSA) is 88.6 Å². The Morgan fingerprint density at radius 3 is 2.50 bits per heavy atom. The van der Waals surface area contributed by atoms with Gasteiger partial charge in [-0.1, -0.05) is 12.1 Å². The Morgan fingerprint density at radius 2 is 1.84 bits per heavy atom. The minimum atomic E-state index is -4.50. The number of hydrogen-bond acceptors (Lipinski definition) is 5. The van der Waals surface area contributed by atoms with Crippen molar-refractivity contribution >= 4 is 32.4 Å². The number of fused-ring (bicyclic) bond motifs is 1. The van der Waals surface area contributed by atoms with Gasteiger partial charge in [-0.05, 0) is 36.4 Å². The third kappa shape index (κ3) is 5.42. The van der Waals surface area contributed by atoms with Crippen LogP contribution < -0.4 is 5.32 Å². The number of sulfonamides is 1. The molecule has 0 aliphatic heterocycles. The van der Waals surface area contributed by atoms with E-state index in [-0.39, 0.29) is 23.7 Å². The molecule has 0 unspecified atom stereocenters. The summed E-state index contributed by atoms with van der Waals surface area (Å²) >= 11 is 0. The Hall–Kier alpha value is -3.02. The summed E-state index contributed by atoms with van der Waals surface area (Å²) in [5.41, 5.74) is -0.742. The fourth-order valence-corrected chi connectivity index (χ4v) is 4.63. The number of alkyl halides is 3. The van der Waals surface area contributed by atoms with E-state index in [4.69, 9.17) is 4.74 Å². The van der Waals surface area contributed by atoms with Crippen molar-refractivity contribution in [3.8, 4) is 0 Å². The number of benzene rings is 2. The monoisotopic (exact) mass is 467 g/mol. The predicted octanol–water partition coefficient (Wildman–Crippen LogP) is 3.53. The largest absolute Gasteiger partial charge is 0.416 e. The average Bonchev–Trinajstić information content (AvgIpc) is 2.75. The molecule has 1 amide bonds. The molecule has 170 valence electrons. The van der Waals surface area contributed by atoms with Gasteiger partial charge in [0.05, 0.1) is 23.6 Å². The molecule has 0 saturated heterocycles. The highest BCUT2D eigenvalue weighted by atomic mass is 32.2. The predicted molar refractivity (Wildman–Crippen MR) is 112 cm³/mol. The normalized spacial score (nSPS) is 12.3. The van der Waals surface area contributed by atoms with Crippen molar-refractivity contribution in [3.05, 3.63) is 66.5 Å². The maximum atomic E-state index is 13.3. The average molecular weight is 467 g/mol.